The second-order valence-corrected chi connectivity index (χ2v) is 5.52. The molecule has 2 aromatic carbocycles. The molecule has 1 unspecified atom stereocenters. The summed E-state index contributed by atoms with van der Waals surface area (Å²) in [5.74, 6) is 0.790. The van der Waals surface area contributed by atoms with Gasteiger partial charge in [-0.25, -0.2) is 9.37 Å². The van der Waals surface area contributed by atoms with Crippen LogP contribution in [0.1, 0.15) is 29.9 Å². The summed E-state index contributed by atoms with van der Waals surface area (Å²) >= 11 is 6.02. The molecule has 2 nitrogen and oxygen atoms in total. The van der Waals surface area contributed by atoms with Crippen molar-refractivity contribution in [3.63, 3.8) is 0 Å². The Kier molecular flexibility index (Phi) is 3.68. The van der Waals surface area contributed by atoms with Crippen LogP contribution in [-0.2, 0) is 5.88 Å². The number of nitrogens with zero attached hydrogens (tertiary/aromatic N) is 2. The van der Waals surface area contributed by atoms with Crippen LogP contribution >= 0.6 is 11.6 Å². The van der Waals surface area contributed by atoms with E-state index in [-0.39, 0.29) is 11.9 Å². The molecule has 0 spiro atoms. The van der Waals surface area contributed by atoms with Gasteiger partial charge in [-0.3, -0.25) is 0 Å². The van der Waals surface area contributed by atoms with Crippen LogP contribution in [0.3, 0.4) is 0 Å². The highest BCUT2D eigenvalue weighted by Crippen LogP contribution is 2.27. The standard InChI is InChI=1S/C17H16ClFN2/c1-11-3-5-13(6-4-11)12(2)21-16-9-14(19)7-8-15(16)20-17(21)10-18/h3-9,12H,10H2,1-2H3. The molecule has 0 amide bonds. The molecule has 0 radical (unpaired) electrons. The number of aromatic nitrogens is 2. The molecular weight excluding hydrogens is 287 g/mol. The Bertz CT molecular complexity index is 777. The first kappa shape index (κ1) is 14.1. The minimum Gasteiger partial charge on any atom is -0.320 e. The molecule has 3 rings (SSSR count). The van der Waals surface area contributed by atoms with Crippen LogP contribution in [0.2, 0.25) is 0 Å². The Balaban J connectivity index is 2.17. The number of hydrogen-bond donors (Lipinski definition) is 0. The van der Waals surface area contributed by atoms with Crippen LogP contribution in [0.4, 0.5) is 4.39 Å². The largest absolute Gasteiger partial charge is 0.320 e. The molecule has 108 valence electrons. The second-order valence-electron chi connectivity index (χ2n) is 5.25. The maximum absolute atomic E-state index is 13.6. The summed E-state index contributed by atoms with van der Waals surface area (Å²) in [6.07, 6.45) is 0. The molecule has 3 aromatic rings. The maximum atomic E-state index is 13.6. The number of hydrogen-bond acceptors (Lipinski definition) is 1. The van der Waals surface area contributed by atoms with E-state index in [0.717, 1.165) is 22.4 Å². The van der Waals surface area contributed by atoms with Crippen molar-refractivity contribution in [2.45, 2.75) is 25.8 Å². The molecule has 0 aliphatic rings. The summed E-state index contributed by atoms with van der Waals surface area (Å²) in [6, 6.07) is 13.0. The van der Waals surface area contributed by atoms with Gasteiger partial charge >= 0.3 is 0 Å². The molecular formula is C17H16ClFN2. The van der Waals surface area contributed by atoms with Crippen LogP contribution in [0.5, 0.6) is 0 Å². The molecule has 1 heterocycles. The van der Waals surface area contributed by atoms with E-state index in [4.69, 9.17) is 11.6 Å². The summed E-state index contributed by atoms with van der Waals surface area (Å²) in [7, 11) is 0. The summed E-state index contributed by atoms with van der Waals surface area (Å²) < 4.78 is 15.6. The van der Waals surface area contributed by atoms with E-state index < -0.39 is 0 Å². The maximum Gasteiger partial charge on any atom is 0.125 e. The first-order valence-electron chi connectivity index (χ1n) is 6.89. The van der Waals surface area contributed by atoms with E-state index in [1.54, 1.807) is 6.07 Å². The average molecular weight is 303 g/mol. The lowest BCUT2D eigenvalue weighted by Gasteiger charge is -2.17. The van der Waals surface area contributed by atoms with Gasteiger partial charge in [-0.2, -0.15) is 0 Å². The third-order valence-electron chi connectivity index (χ3n) is 3.79. The highest BCUT2D eigenvalue weighted by Gasteiger charge is 2.17. The Labute approximate surface area is 128 Å². The molecule has 1 aromatic heterocycles. The van der Waals surface area contributed by atoms with Gasteiger partial charge in [0.15, 0.2) is 0 Å². The summed E-state index contributed by atoms with van der Waals surface area (Å²) in [6.45, 7) is 4.13. The molecule has 0 saturated carbocycles. The SMILES string of the molecule is Cc1ccc(C(C)n2c(CCl)nc3ccc(F)cc32)cc1. The zero-order valence-electron chi connectivity index (χ0n) is 12.0. The van der Waals surface area contributed by atoms with Gasteiger partial charge in [0.2, 0.25) is 0 Å². The molecule has 4 heteroatoms. The van der Waals surface area contributed by atoms with E-state index in [9.17, 15) is 4.39 Å². The van der Waals surface area contributed by atoms with E-state index in [1.165, 1.54) is 17.7 Å². The third-order valence-corrected chi connectivity index (χ3v) is 4.03. The monoisotopic (exact) mass is 302 g/mol. The highest BCUT2D eigenvalue weighted by molar-refractivity contribution is 6.16. The molecule has 0 aliphatic heterocycles. The minimum absolute atomic E-state index is 0.0474. The van der Waals surface area contributed by atoms with Crippen LogP contribution < -0.4 is 0 Å². The molecule has 0 aliphatic carbocycles. The Hall–Kier alpha value is -1.87. The summed E-state index contributed by atoms with van der Waals surface area (Å²) in [5, 5.41) is 0. The smallest absolute Gasteiger partial charge is 0.125 e. The first-order chi connectivity index (χ1) is 10.1. The fourth-order valence-corrected chi connectivity index (χ4v) is 2.83. The Morgan fingerprint density at radius 2 is 1.90 bits per heavy atom. The van der Waals surface area contributed by atoms with Crippen LogP contribution in [0.25, 0.3) is 11.0 Å². The van der Waals surface area contributed by atoms with Crippen molar-refractivity contribution in [2.24, 2.45) is 0 Å². The lowest BCUT2D eigenvalue weighted by atomic mass is 10.1. The van der Waals surface area contributed by atoms with Crippen LogP contribution in [-0.4, -0.2) is 9.55 Å². The fourth-order valence-electron chi connectivity index (χ4n) is 2.64. The fraction of sp³-hybridized carbons (Fsp3) is 0.235. The van der Waals surface area contributed by atoms with Gasteiger partial charge in [0, 0.05) is 0 Å². The Morgan fingerprint density at radius 1 is 1.19 bits per heavy atom. The molecule has 0 saturated heterocycles. The van der Waals surface area contributed by atoms with Crippen LogP contribution in [0, 0.1) is 12.7 Å². The predicted molar refractivity (Wildman–Crippen MR) is 84.2 cm³/mol. The highest BCUT2D eigenvalue weighted by atomic mass is 35.5. The number of imidazole rings is 1. The van der Waals surface area contributed by atoms with Gasteiger partial charge in [0.25, 0.3) is 0 Å². The molecule has 1 atom stereocenters. The van der Waals surface area contributed by atoms with Crippen molar-refractivity contribution in [3.8, 4) is 0 Å². The van der Waals surface area contributed by atoms with Crippen molar-refractivity contribution in [3.05, 3.63) is 65.2 Å². The van der Waals surface area contributed by atoms with Gasteiger partial charge in [-0.05, 0) is 37.6 Å². The van der Waals surface area contributed by atoms with Gasteiger partial charge in [-0.15, -0.1) is 11.6 Å². The second kappa shape index (κ2) is 5.49. The normalized spacial score (nSPS) is 12.8. The number of halogens is 2. The summed E-state index contributed by atoms with van der Waals surface area (Å²) in [4.78, 5) is 4.50. The van der Waals surface area contributed by atoms with Crippen molar-refractivity contribution in [1.82, 2.24) is 9.55 Å². The Morgan fingerprint density at radius 3 is 2.57 bits per heavy atom. The summed E-state index contributed by atoms with van der Waals surface area (Å²) in [5.41, 5.74) is 3.91. The molecule has 0 fully saturated rings. The number of benzene rings is 2. The molecule has 0 N–H and O–H groups in total. The third kappa shape index (κ3) is 2.54. The van der Waals surface area contributed by atoms with E-state index in [1.807, 2.05) is 4.57 Å². The zero-order chi connectivity index (χ0) is 15.0. The average Bonchev–Trinajstić information content (AvgIpc) is 2.85. The molecule has 21 heavy (non-hydrogen) atoms. The number of fused-ring (bicyclic) bond motifs is 1. The van der Waals surface area contributed by atoms with E-state index in [2.05, 4.69) is 43.1 Å². The van der Waals surface area contributed by atoms with Crippen molar-refractivity contribution >= 4 is 22.6 Å². The number of aryl methyl sites for hydroxylation is 1. The van der Waals surface area contributed by atoms with Crippen LogP contribution in [0.15, 0.2) is 42.5 Å². The van der Waals surface area contributed by atoms with E-state index in [0.29, 0.717) is 5.88 Å². The topological polar surface area (TPSA) is 17.8 Å². The lowest BCUT2D eigenvalue weighted by molar-refractivity contribution is 0.618. The van der Waals surface area contributed by atoms with E-state index >= 15 is 0 Å². The van der Waals surface area contributed by atoms with Crippen molar-refractivity contribution < 1.29 is 4.39 Å². The number of alkyl halides is 1. The number of rotatable bonds is 3. The lowest BCUT2D eigenvalue weighted by Crippen LogP contribution is -2.10. The predicted octanol–water partition coefficient (Wildman–Crippen LogP) is 4.83. The van der Waals surface area contributed by atoms with Gasteiger partial charge in [0.1, 0.15) is 11.6 Å². The van der Waals surface area contributed by atoms with Crippen molar-refractivity contribution in [2.75, 3.05) is 0 Å². The van der Waals surface area contributed by atoms with Gasteiger partial charge in [-0.1, -0.05) is 29.8 Å². The van der Waals surface area contributed by atoms with Gasteiger partial charge < -0.3 is 4.57 Å². The van der Waals surface area contributed by atoms with Gasteiger partial charge in [0.05, 0.1) is 23.0 Å². The molecule has 0 bridgehead atoms. The quantitative estimate of drug-likeness (QED) is 0.634. The first-order valence-corrected chi connectivity index (χ1v) is 7.42. The zero-order valence-corrected chi connectivity index (χ0v) is 12.7. The minimum atomic E-state index is -0.263. The van der Waals surface area contributed by atoms with Crippen molar-refractivity contribution in [1.29, 1.82) is 0 Å².